The normalized spacial score (nSPS) is 18.1. The summed E-state index contributed by atoms with van der Waals surface area (Å²) >= 11 is 0. The van der Waals surface area contributed by atoms with E-state index in [1.54, 1.807) is 0 Å². The Balaban J connectivity index is 2.45. The minimum Gasteiger partial charge on any atom is -0.334 e. The molecular formula is C7H11FN2O. The number of nitrogens with one attached hydrogen (secondary N) is 1. The van der Waals surface area contributed by atoms with E-state index in [1.165, 1.54) is 4.90 Å². The summed E-state index contributed by atoms with van der Waals surface area (Å²) in [5.41, 5.74) is 0. The first-order chi connectivity index (χ1) is 5.22. The fourth-order valence-electron chi connectivity index (χ4n) is 1.04. The Morgan fingerprint density at radius 1 is 1.45 bits per heavy atom. The molecule has 1 aliphatic rings. The lowest BCUT2D eigenvalue weighted by molar-refractivity contribution is -0.129. The van der Waals surface area contributed by atoms with Crippen molar-refractivity contribution in [2.45, 2.75) is 0 Å². The van der Waals surface area contributed by atoms with Crippen LogP contribution in [0.5, 0.6) is 0 Å². The zero-order valence-electron chi connectivity index (χ0n) is 6.27. The molecule has 0 bridgehead atoms. The minimum atomic E-state index is -0.869. The van der Waals surface area contributed by atoms with Gasteiger partial charge in [0.15, 0.2) is 5.83 Å². The molecule has 0 radical (unpaired) electrons. The second-order valence-corrected chi connectivity index (χ2v) is 2.45. The van der Waals surface area contributed by atoms with Crippen LogP contribution in [0.4, 0.5) is 4.39 Å². The van der Waals surface area contributed by atoms with Crippen molar-refractivity contribution in [1.29, 1.82) is 0 Å². The highest BCUT2D eigenvalue weighted by Crippen LogP contribution is 2.01. The zero-order chi connectivity index (χ0) is 8.27. The fourth-order valence-corrected chi connectivity index (χ4v) is 1.04. The Morgan fingerprint density at radius 3 is 2.45 bits per heavy atom. The predicted octanol–water partition coefficient (Wildman–Crippen LogP) is -0.0986. The number of piperazine rings is 1. The van der Waals surface area contributed by atoms with Crippen LogP contribution in [-0.2, 0) is 4.79 Å². The van der Waals surface area contributed by atoms with E-state index in [4.69, 9.17) is 0 Å². The highest BCUT2D eigenvalue weighted by molar-refractivity contribution is 5.90. The molecule has 1 rings (SSSR count). The maximum Gasteiger partial charge on any atom is 0.282 e. The van der Waals surface area contributed by atoms with Gasteiger partial charge in [-0.05, 0) is 0 Å². The van der Waals surface area contributed by atoms with Crippen LogP contribution in [0.2, 0.25) is 0 Å². The Hall–Kier alpha value is -0.900. The SMILES string of the molecule is C=C(F)C(=O)N1CCNCC1. The summed E-state index contributed by atoms with van der Waals surface area (Å²) in [7, 11) is 0. The standard InChI is InChI=1S/C7H11FN2O/c1-6(8)7(11)10-4-2-9-3-5-10/h9H,1-5H2. The number of nitrogens with zero attached hydrogens (tertiary/aromatic N) is 1. The number of carbonyl (C=O) groups is 1. The number of amides is 1. The Bertz CT molecular complexity index is 175. The Morgan fingerprint density at radius 2 is 2.00 bits per heavy atom. The molecule has 1 amide bonds. The summed E-state index contributed by atoms with van der Waals surface area (Å²) in [6.45, 7) is 5.56. The van der Waals surface area contributed by atoms with Crippen molar-refractivity contribution in [1.82, 2.24) is 10.2 Å². The first-order valence-electron chi connectivity index (χ1n) is 3.56. The number of hydrogen-bond donors (Lipinski definition) is 1. The molecule has 62 valence electrons. The number of rotatable bonds is 1. The van der Waals surface area contributed by atoms with Gasteiger partial charge in [-0.2, -0.15) is 0 Å². The Kier molecular flexibility index (Phi) is 2.59. The van der Waals surface area contributed by atoms with Gasteiger partial charge < -0.3 is 10.2 Å². The van der Waals surface area contributed by atoms with Crippen LogP contribution in [0.3, 0.4) is 0 Å². The van der Waals surface area contributed by atoms with Gasteiger partial charge in [-0.25, -0.2) is 4.39 Å². The lowest BCUT2D eigenvalue weighted by atomic mass is 10.3. The lowest BCUT2D eigenvalue weighted by Crippen LogP contribution is -2.46. The summed E-state index contributed by atoms with van der Waals surface area (Å²) in [5.74, 6) is -1.45. The van der Waals surface area contributed by atoms with Crippen LogP contribution in [-0.4, -0.2) is 37.0 Å². The van der Waals surface area contributed by atoms with E-state index in [1.807, 2.05) is 0 Å². The van der Waals surface area contributed by atoms with Crippen LogP contribution < -0.4 is 5.32 Å². The first-order valence-corrected chi connectivity index (χ1v) is 3.56. The highest BCUT2D eigenvalue weighted by Gasteiger charge is 2.17. The van der Waals surface area contributed by atoms with Crippen LogP contribution in [0.15, 0.2) is 12.4 Å². The number of hydrogen-bond acceptors (Lipinski definition) is 2. The smallest absolute Gasteiger partial charge is 0.282 e. The van der Waals surface area contributed by atoms with E-state index in [-0.39, 0.29) is 0 Å². The summed E-state index contributed by atoms with van der Waals surface area (Å²) in [5, 5.41) is 3.06. The third-order valence-electron chi connectivity index (χ3n) is 1.64. The molecule has 1 N–H and O–H groups in total. The summed E-state index contributed by atoms with van der Waals surface area (Å²) < 4.78 is 12.3. The summed E-state index contributed by atoms with van der Waals surface area (Å²) in [6.07, 6.45) is 0. The topological polar surface area (TPSA) is 32.3 Å². The molecule has 0 unspecified atom stereocenters. The van der Waals surface area contributed by atoms with Gasteiger partial charge in [0, 0.05) is 26.2 Å². The number of carbonyl (C=O) groups excluding carboxylic acids is 1. The third kappa shape index (κ3) is 2.01. The van der Waals surface area contributed by atoms with Crippen LogP contribution in [0.1, 0.15) is 0 Å². The molecule has 0 saturated carbocycles. The number of halogens is 1. The molecule has 11 heavy (non-hydrogen) atoms. The van der Waals surface area contributed by atoms with E-state index in [0.717, 1.165) is 13.1 Å². The molecule has 0 spiro atoms. The molecule has 1 fully saturated rings. The van der Waals surface area contributed by atoms with E-state index in [0.29, 0.717) is 13.1 Å². The average molecular weight is 158 g/mol. The monoisotopic (exact) mass is 158 g/mol. The van der Waals surface area contributed by atoms with E-state index >= 15 is 0 Å². The Labute approximate surface area is 64.9 Å². The fraction of sp³-hybridized carbons (Fsp3) is 0.571. The van der Waals surface area contributed by atoms with E-state index in [2.05, 4.69) is 11.9 Å². The maximum absolute atomic E-state index is 12.3. The third-order valence-corrected chi connectivity index (χ3v) is 1.64. The van der Waals surface area contributed by atoms with Crippen molar-refractivity contribution in [3.63, 3.8) is 0 Å². The van der Waals surface area contributed by atoms with Gasteiger partial charge >= 0.3 is 0 Å². The summed E-state index contributed by atoms with van der Waals surface area (Å²) in [6, 6.07) is 0. The second kappa shape index (κ2) is 3.48. The molecule has 1 saturated heterocycles. The summed E-state index contributed by atoms with van der Waals surface area (Å²) in [4.78, 5) is 12.4. The highest BCUT2D eigenvalue weighted by atomic mass is 19.1. The molecular weight excluding hydrogens is 147 g/mol. The first kappa shape index (κ1) is 8.20. The molecule has 4 heteroatoms. The van der Waals surface area contributed by atoms with Crippen LogP contribution >= 0.6 is 0 Å². The van der Waals surface area contributed by atoms with Crippen molar-refractivity contribution in [3.05, 3.63) is 12.4 Å². The largest absolute Gasteiger partial charge is 0.334 e. The van der Waals surface area contributed by atoms with Gasteiger partial charge in [0.2, 0.25) is 0 Å². The van der Waals surface area contributed by atoms with Gasteiger partial charge in [-0.1, -0.05) is 6.58 Å². The molecule has 3 nitrogen and oxygen atoms in total. The van der Waals surface area contributed by atoms with Crippen molar-refractivity contribution in [3.8, 4) is 0 Å². The van der Waals surface area contributed by atoms with Crippen molar-refractivity contribution in [2.75, 3.05) is 26.2 Å². The molecule has 0 aromatic carbocycles. The van der Waals surface area contributed by atoms with Gasteiger partial charge in [-0.3, -0.25) is 4.79 Å². The molecule has 0 aromatic heterocycles. The van der Waals surface area contributed by atoms with Gasteiger partial charge in [0.05, 0.1) is 0 Å². The van der Waals surface area contributed by atoms with Crippen molar-refractivity contribution >= 4 is 5.91 Å². The molecule has 0 aromatic rings. The predicted molar refractivity (Wildman–Crippen MR) is 39.7 cm³/mol. The van der Waals surface area contributed by atoms with E-state index < -0.39 is 11.7 Å². The van der Waals surface area contributed by atoms with Crippen LogP contribution in [0, 0.1) is 0 Å². The minimum absolute atomic E-state index is 0.571. The van der Waals surface area contributed by atoms with Gasteiger partial charge in [-0.15, -0.1) is 0 Å². The van der Waals surface area contributed by atoms with Crippen LogP contribution in [0.25, 0.3) is 0 Å². The average Bonchev–Trinajstić information content (AvgIpc) is 2.05. The van der Waals surface area contributed by atoms with E-state index in [9.17, 15) is 9.18 Å². The second-order valence-electron chi connectivity index (χ2n) is 2.45. The van der Waals surface area contributed by atoms with Gasteiger partial charge in [0.1, 0.15) is 0 Å². The molecule has 1 aliphatic heterocycles. The van der Waals surface area contributed by atoms with Crippen molar-refractivity contribution < 1.29 is 9.18 Å². The quantitative estimate of drug-likeness (QED) is 0.540. The lowest BCUT2D eigenvalue weighted by Gasteiger charge is -2.26. The molecule has 0 atom stereocenters. The molecule has 1 heterocycles. The maximum atomic E-state index is 12.3. The molecule has 0 aliphatic carbocycles. The van der Waals surface area contributed by atoms with Crippen molar-refractivity contribution in [2.24, 2.45) is 0 Å². The van der Waals surface area contributed by atoms with Gasteiger partial charge in [0.25, 0.3) is 5.91 Å². The zero-order valence-corrected chi connectivity index (χ0v) is 6.27.